The van der Waals surface area contributed by atoms with Gasteiger partial charge < -0.3 is 15.8 Å². The Balaban J connectivity index is 0.00000400. The number of benzene rings is 1. The highest BCUT2D eigenvalue weighted by Gasteiger charge is 2.28. The quantitative estimate of drug-likeness (QED) is 0.874. The highest BCUT2D eigenvalue weighted by Crippen LogP contribution is 2.21. The summed E-state index contributed by atoms with van der Waals surface area (Å²) in [4.78, 5) is 11.4. The molecule has 3 N–H and O–H groups in total. The van der Waals surface area contributed by atoms with Crippen molar-refractivity contribution in [1.29, 1.82) is 0 Å². The second-order valence-corrected chi connectivity index (χ2v) is 4.49. The molecule has 8 heteroatoms. The Bertz CT molecular complexity index is 450. The van der Waals surface area contributed by atoms with Gasteiger partial charge in [0, 0.05) is 0 Å². The standard InChI is InChI=1S/C13H17F3N2O2.ClH/c1-8(17)12(19)18-9(2)10-3-5-11(6-4-10)20-7-13(14,15)16;/h3-6,8-9H,7,17H2,1-2H3,(H,18,19);1H/t8-,9?;/m1./s1. The molecule has 4 nitrogen and oxygen atoms in total. The van der Waals surface area contributed by atoms with Crippen LogP contribution in [-0.4, -0.2) is 24.7 Å². The first kappa shape index (κ1) is 19.5. The average Bonchev–Trinajstić information content (AvgIpc) is 2.35. The van der Waals surface area contributed by atoms with Crippen molar-refractivity contribution in [2.45, 2.75) is 32.1 Å². The molecule has 1 rings (SSSR count). The van der Waals surface area contributed by atoms with E-state index >= 15 is 0 Å². The molecular weight excluding hydrogens is 309 g/mol. The van der Waals surface area contributed by atoms with Gasteiger partial charge in [-0.2, -0.15) is 13.2 Å². The Hall–Kier alpha value is -1.47. The van der Waals surface area contributed by atoms with Gasteiger partial charge in [0.05, 0.1) is 12.1 Å². The maximum absolute atomic E-state index is 12.0. The van der Waals surface area contributed by atoms with Crippen LogP contribution in [0.25, 0.3) is 0 Å². The molecule has 120 valence electrons. The van der Waals surface area contributed by atoms with Crippen LogP contribution < -0.4 is 15.8 Å². The van der Waals surface area contributed by atoms with Crippen molar-refractivity contribution in [2.24, 2.45) is 5.73 Å². The van der Waals surface area contributed by atoms with E-state index in [1.54, 1.807) is 26.0 Å². The molecule has 0 saturated heterocycles. The van der Waals surface area contributed by atoms with E-state index in [0.717, 1.165) is 5.56 Å². The number of rotatable bonds is 5. The van der Waals surface area contributed by atoms with Crippen molar-refractivity contribution in [2.75, 3.05) is 6.61 Å². The molecule has 1 unspecified atom stereocenters. The SMILES string of the molecule is CC(NC(=O)[C@@H](C)N)c1ccc(OCC(F)(F)F)cc1.Cl. The molecule has 0 bridgehead atoms. The zero-order valence-electron chi connectivity index (χ0n) is 11.6. The summed E-state index contributed by atoms with van der Waals surface area (Å²) in [6.07, 6.45) is -4.36. The third kappa shape index (κ3) is 7.19. The number of amides is 1. The van der Waals surface area contributed by atoms with Gasteiger partial charge in [0.2, 0.25) is 5.91 Å². The van der Waals surface area contributed by atoms with Crippen LogP contribution in [0.5, 0.6) is 5.75 Å². The van der Waals surface area contributed by atoms with Gasteiger partial charge in [0.1, 0.15) is 5.75 Å². The summed E-state index contributed by atoms with van der Waals surface area (Å²) in [7, 11) is 0. The summed E-state index contributed by atoms with van der Waals surface area (Å²) in [5.74, 6) is -0.174. The second-order valence-electron chi connectivity index (χ2n) is 4.49. The zero-order chi connectivity index (χ0) is 15.3. The van der Waals surface area contributed by atoms with Crippen molar-refractivity contribution in [1.82, 2.24) is 5.32 Å². The molecular formula is C13H18ClF3N2O2. The number of hydrogen-bond acceptors (Lipinski definition) is 3. The second kappa shape index (κ2) is 8.09. The predicted octanol–water partition coefficient (Wildman–Crippen LogP) is 2.57. The lowest BCUT2D eigenvalue weighted by molar-refractivity contribution is -0.153. The van der Waals surface area contributed by atoms with Crippen LogP contribution in [0.3, 0.4) is 0 Å². The van der Waals surface area contributed by atoms with Crippen LogP contribution in [0.4, 0.5) is 13.2 Å². The fourth-order valence-electron chi connectivity index (χ4n) is 1.45. The number of alkyl halides is 3. The van der Waals surface area contributed by atoms with Crippen LogP contribution >= 0.6 is 12.4 Å². The minimum absolute atomic E-state index is 0. The highest BCUT2D eigenvalue weighted by atomic mass is 35.5. The molecule has 0 radical (unpaired) electrons. The maximum Gasteiger partial charge on any atom is 0.422 e. The minimum Gasteiger partial charge on any atom is -0.484 e. The van der Waals surface area contributed by atoms with E-state index in [-0.39, 0.29) is 30.1 Å². The van der Waals surface area contributed by atoms with E-state index in [9.17, 15) is 18.0 Å². The number of nitrogens with two attached hydrogens (primary N) is 1. The summed E-state index contributed by atoms with van der Waals surface area (Å²) in [6, 6.07) is 5.14. The Labute approximate surface area is 127 Å². The fourth-order valence-corrected chi connectivity index (χ4v) is 1.45. The Morgan fingerprint density at radius 2 is 1.81 bits per heavy atom. The third-order valence-corrected chi connectivity index (χ3v) is 2.55. The molecule has 0 spiro atoms. The molecule has 21 heavy (non-hydrogen) atoms. The molecule has 0 saturated carbocycles. The van der Waals surface area contributed by atoms with Crippen LogP contribution in [-0.2, 0) is 4.79 Å². The van der Waals surface area contributed by atoms with Crippen LogP contribution in [0.2, 0.25) is 0 Å². The first-order valence-corrected chi connectivity index (χ1v) is 6.04. The number of hydrogen-bond donors (Lipinski definition) is 2. The topological polar surface area (TPSA) is 64.4 Å². The van der Waals surface area contributed by atoms with E-state index in [1.807, 2.05) is 0 Å². The van der Waals surface area contributed by atoms with Gasteiger partial charge in [0.25, 0.3) is 0 Å². The smallest absolute Gasteiger partial charge is 0.422 e. The fraction of sp³-hybridized carbons (Fsp3) is 0.462. The summed E-state index contributed by atoms with van der Waals surface area (Å²) >= 11 is 0. The average molecular weight is 327 g/mol. The van der Waals surface area contributed by atoms with Gasteiger partial charge in [-0.3, -0.25) is 4.79 Å². The van der Waals surface area contributed by atoms with E-state index in [0.29, 0.717) is 0 Å². The Morgan fingerprint density at radius 3 is 2.24 bits per heavy atom. The van der Waals surface area contributed by atoms with Crippen molar-refractivity contribution < 1.29 is 22.7 Å². The van der Waals surface area contributed by atoms with Crippen LogP contribution in [0, 0.1) is 0 Å². The number of halogens is 4. The molecule has 0 heterocycles. The van der Waals surface area contributed by atoms with E-state index in [4.69, 9.17) is 5.73 Å². The number of nitrogens with one attached hydrogen (secondary N) is 1. The molecule has 1 aromatic rings. The predicted molar refractivity (Wildman–Crippen MR) is 75.4 cm³/mol. The number of carbonyl (C=O) groups is 1. The third-order valence-electron chi connectivity index (χ3n) is 2.55. The van der Waals surface area contributed by atoms with Gasteiger partial charge >= 0.3 is 6.18 Å². The highest BCUT2D eigenvalue weighted by molar-refractivity contribution is 5.85. The summed E-state index contributed by atoms with van der Waals surface area (Å²) < 4.78 is 40.5. The Morgan fingerprint density at radius 1 is 1.29 bits per heavy atom. The van der Waals surface area contributed by atoms with Gasteiger partial charge in [-0.1, -0.05) is 12.1 Å². The zero-order valence-corrected chi connectivity index (χ0v) is 12.4. The van der Waals surface area contributed by atoms with E-state index in [2.05, 4.69) is 10.1 Å². The maximum atomic E-state index is 12.0. The molecule has 0 aliphatic heterocycles. The van der Waals surface area contributed by atoms with E-state index < -0.39 is 18.8 Å². The van der Waals surface area contributed by atoms with E-state index in [1.165, 1.54) is 12.1 Å². The molecule has 1 aromatic carbocycles. The van der Waals surface area contributed by atoms with Crippen molar-refractivity contribution in [3.05, 3.63) is 29.8 Å². The van der Waals surface area contributed by atoms with Crippen molar-refractivity contribution >= 4 is 18.3 Å². The van der Waals surface area contributed by atoms with Crippen molar-refractivity contribution in [3.8, 4) is 5.75 Å². The van der Waals surface area contributed by atoms with Crippen LogP contribution in [0.15, 0.2) is 24.3 Å². The summed E-state index contributed by atoms with van der Waals surface area (Å²) in [5.41, 5.74) is 6.18. The van der Waals surface area contributed by atoms with Gasteiger partial charge in [-0.05, 0) is 31.5 Å². The van der Waals surface area contributed by atoms with Crippen LogP contribution in [0.1, 0.15) is 25.5 Å². The number of ether oxygens (including phenoxy) is 1. The van der Waals surface area contributed by atoms with Gasteiger partial charge in [-0.25, -0.2) is 0 Å². The van der Waals surface area contributed by atoms with Gasteiger partial charge in [-0.15, -0.1) is 12.4 Å². The lowest BCUT2D eigenvalue weighted by Crippen LogP contribution is -2.39. The first-order chi connectivity index (χ1) is 9.19. The minimum atomic E-state index is -4.36. The summed E-state index contributed by atoms with van der Waals surface area (Å²) in [5, 5.41) is 2.69. The summed E-state index contributed by atoms with van der Waals surface area (Å²) in [6.45, 7) is 1.99. The molecule has 0 aliphatic rings. The van der Waals surface area contributed by atoms with Gasteiger partial charge in [0.15, 0.2) is 6.61 Å². The Kier molecular flexibility index (Phi) is 7.52. The lowest BCUT2D eigenvalue weighted by Gasteiger charge is -2.16. The molecule has 0 aromatic heterocycles. The lowest BCUT2D eigenvalue weighted by atomic mass is 10.1. The van der Waals surface area contributed by atoms with Crippen molar-refractivity contribution in [3.63, 3.8) is 0 Å². The molecule has 0 fully saturated rings. The molecule has 1 amide bonds. The monoisotopic (exact) mass is 326 g/mol. The number of carbonyl (C=O) groups excluding carboxylic acids is 1. The first-order valence-electron chi connectivity index (χ1n) is 6.04. The molecule has 2 atom stereocenters. The largest absolute Gasteiger partial charge is 0.484 e. The molecule has 0 aliphatic carbocycles. The normalized spacial score (nSPS) is 13.8.